The Bertz CT molecular complexity index is 971. The number of fused-ring (bicyclic) bond motifs is 1. The number of methoxy groups -OCH3 is 2. The second kappa shape index (κ2) is 9.99. The van der Waals surface area contributed by atoms with E-state index in [0.717, 1.165) is 77.6 Å². The van der Waals surface area contributed by atoms with Gasteiger partial charge in [0.15, 0.2) is 0 Å². The summed E-state index contributed by atoms with van der Waals surface area (Å²) in [5, 5.41) is 1.42. The fourth-order valence-electron chi connectivity index (χ4n) is 4.31. The fourth-order valence-corrected chi connectivity index (χ4v) is 5.54. The summed E-state index contributed by atoms with van der Waals surface area (Å²) in [6.07, 6.45) is 0.683. The van der Waals surface area contributed by atoms with Crippen LogP contribution in [0.2, 0.25) is 10.0 Å². The first-order valence-corrected chi connectivity index (χ1v) is 13.7. The molecule has 0 aliphatic carbocycles. The quantitative estimate of drug-likeness (QED) is 0.398. The number of aromatic nitrogens is 1. The van der Waals surface area contributed by atoms with Crippen molar-refractivity contribution < 1.29 is 18.9 Å². The molecule has 6 nitrogen and oxygen atoms in total. The van der Waals surface area contributed by atoms with Crippen LogP contribution in [0, 0.1) is 12.8 Å². The molecule has 3 radical (unpaired) electrons. The summed E-state index contributed by atoms with van der Waals surface area (Å²) in [5.74, 6) is 1.67. The molecule has 165 valence electrons. The normalized spacial score (nSPS) is 16.8. The van der Waals surface area contributed by atoms with Crippen LogP contribution in [0.5, 0.6) is 11.6 Å². The summed E-state index contributed by atoms with van der Waals surface area (Å²) in [7, 11) is 3.38. The number of anilines is 1. The zero-order chi connectivity index (χ0) is 22.1. The van der Waals surface area contributed by atoms with Crippen molar-refractivity contribution in [3.05, 3.63) is 44.6 Å². The second-order valence-electron chi connectivity index (χ2n) is 7.75. The van der Waals surface area contributed by atoms with Crippen molar-refractivity contribution in [1.82, 2.24) is 4.98 Å². The molecule has 0 bridgehead atoms. The standard InChI is InChI=1S/C22H25Cl2N2O4.Pb/c1-12-7-18(27-2)16(22(25-12)29-4)9-26-6-5-14-17(23)8-15(19(24)20(14)26)21(28-3)13-10-30-11-13;/h7-8,13,21H,4-6,9-11H2,1-3H3;. The molecule has 4 rings (SSSR count). The summed E-state index contributed by atoms with van der Waals surface area (Å²) in [5.41, 5.74) is 4.73. The summed E-state index contributed by atoms with van der Waals surface area (Å²) in [6.45, 7) is 4.65. The Labute approximate surface area is 208 Å². The SMILES string of the molecule is COc1cc(C)nc(O[CH2][Pb])c1CN1CCc2c(Cl)cc(C(OC)C3COC3)c(Cl)c21. The number of hydrogen-bond donors (Lipinski definition) is 0. The molecule has 0 amide bonds. The maximum atomic E-state index is 6.99. The third kappa shape index (κ3) is 4.51. The molecule has 1 aromatic carbocycles. The summed E-state index contributed by atoms with van der Waals surface area (Å²) >= 11 is 14.6. The van der Waals surface area contributed by atoms with Crippen LogP contribution in [0.1, 0.15) is 28.5 Å². The van der Waals surface area contributed by atoms with Crippen LogP contribution in [0.4, 0.5) is 5.69 Å². The van der Waals surface area contributed by atoms with Crippen molar-refractivity contribution in [2.45, 2.75) is 26.0 Å². The van der Waals surface area contributed by atoms with Gasteiger partial charge in [0, 0.05) is 0 Å². The minimum absolute atomic E-state index is 0.147. The predicted octanol–water partition coefficient (Wildman–Crippen LogP) is 4.11. The number of hydrogen-bond acceptors (Lipinski definition) is 6. The Morgan fingerprint density at radius 1 is 1.29 bits per heavy atom. The molecule has 2 aliphatic heterocycles. The van der Waals surface area contributed by atoms with E-state index in [1.807, 2.05) is 19.1 Å². The van der Waals surface area contributed by atoms with Gasteiger partial charge in [-0.25, -0.2) is 0 Å². The first kappa shape index (κ1) is 23.4. The zero-order valence-corrected chi connectivity index (χ0v) is 23.2. The van der Waals surface area contributed by atoms with Crippen LogP contribution in [0.15, 0.2) is 12.1 Å². The maximum absolute atomic E-state index is 6.99. The average molecular weight is 660 g/mol. The molecule has 0 spiro atoms. The van der Waals surface area contributed by atoms with Gasteiger partial charge < -0.3 is 4.74 Å². The van der Waals surface area contributed by atoms with Crippen LogP contribution in [0.3, 0.4) is 0 Å². The van der Waals surface area contributed by atoms with Crippen molar-refractivity contribution >= 4 is 54.7 Å². The van der Waals surface area contributed by atoms with Gasteiger partial charge >= 0.3 is 205 Å². The number of nitrogens with zero attached hydrogens (tertiary/aromatic N) is 2. The van der Waals surface area contributed by atoms with E-state index in [9.17, 15) is 0 Å². The predicted molar refractivity (Wildman–Crippen MR) is 122 cm³/mol. The summed E-state index contributed by atoms with van der Waals surface area (Å²) in [6, 6.07) is 3.90. The van der Waals surface area contributed by atoms with E-state index in [4.69, 9.17) is 42.1 Å². The van der Waals surface area contributed by atoms with Crippen molar-refractivity contribution in [3.63, 3.8) is 0 Å². The third-order valence-electron chi connectivity index (χ3n) is 5.87. The topological polar surface area (TPSA) is 53.1 Å². The van der Waals surface area contributed by atoms with E-state index < -0.39 is 0 Å². The van der Waals surface area contributed by atoms with Gasteiger partial charge in [-0.3, -0.25) is 0 Å². The number of rotatable bonds is 8. The first-order chi connectivity index (χ1) is 15.0. The molecule has 3 heterocycles. The average Bonchev–Trinajstić information content (AvgIpc) is 3.14. The van der Waals surface area contributed by atoms with Gasteiger partial charge in [0.25, 0.3) is 0 Å². The van der Waals surface area contributed by atoms with E-state index in [-0.39, 0.29) is 12.0 Å². The monoisotopic (exact) mass is 659 g/mol. The Morgan fingerprint density at radius 3 is 2.68 bits per heavy atom. The van der Waals surface area contributed by atoms with Gasteiger partial charge in [0.05, 0.1) is 0 Å². The van der Waals surface area contributed by atoms with E-state index in [0.29, 0.717) is 34.8 Å². The Kier molecular flexibility index (Phi) is 7.53. The van der Waals surface area contributed by atoms with Crippen LogP contribution in [-0.2, 0) is 22.4 Å². The fraction of sp³-hybridized carbons (Fsp3) is 0.500. The van der Waals surface area contributed by atoms with E-state index in [1.165, 1.54) is 0 Å². The number of ether oxygens (including phenoxy) is 4. The number of pyridine rings is 1. The van der Waals surface area contributed by atoms with Gasteiger partial charge in [-0.1, -0.05) is 0 Å². The molecule has 1 atom stereocenters. The van der Waals surface area contributed by atoms with Crippen molar-refractivity contribution in [2.24, 2.45) is 5.92 Å². The van der Waals surface area contributed by atoms with Crippen molar-refractivity contribution in [1.29, 1.82) is 0 Å². The minimum atomic E-state index is -0.147. The Morgan fingerprint density at radius 2 is 2.06 bits per heavy atom. The molecule has 9 heteroatoms. The first-order valence-electron chi connectivity index (χ1n) is 10.2. The van der Waals surface area contributed by atoms with Crippen molar-refractivity contribution in [3.8, 4) is 11.6 Å². The van der Waals surface area contributed by atoms with Crippen molar-refractivity contribution in [2.75, 3.05) is 43.0 Å². The van der Waals surface area contributed by atoms with Gasteiger partial charge in [-0.2, -0.15) is 0 Å². The molecule has 1 unspecified atom stereocenters. The Hall–Kier alpha value is -0.808. The third-order valence-corrected chi connectivity index (χ3v) is 7.16. The molecule has 31 heavy (non-hydrogen) atoms. The number of benzene rings is 1. The molecule has 1 saturated heterocycles. The summed E-state index contributed by atoms with van der Waals surface area (Å²) < 4.78 is 23.4. The van der Waals surface area contributed by atoms with E-state index in [2.05, 4.69) is 9.88 Å². The second-order valence-corrected chi connectivity index (χ2v) is 9.66. The number of aryl methyl sites for hydroxylation is 1. The van der Waals surface area contributed by atoms with E-state index in [1.54, 1.807) is 14.2 Å². The van der Waals surface area contributed by atoms with Gasteiger partial charge in [0.1, 0.15) is 0 Å². The summed E-state index contributed by atoms with van der Waals surface area (Å²) in [4.78, 5) is 6.85. The van der Waals surface area contributed by atoms with Crippen LogP contribution in [0.25, 0.3) is 0 Å². The van der Waals surface area contributed by atoms with Crippen LogP contribution >= 0.6 is 23.2 Å². The van der Waals surface area contributed by atoms with Gasteiger partial charge in [-0.05, 0) is 0 Å². The molecular formula is C22H25Cl2N2O4Pb. The molecule has 2 aliphatic rings. The number of halogens is 2. The molecule has 1 fully saturated rings. The zero-order valence-electron chi connectivity index (χ0n) is 17.8. The van der Waals surface area contributed by atoms with Crippen LogP contribution in [-0.4, -0.2) is 68.9 Å². The molecule has 0 saturated carbocycles. The van der Waals surface area contributed by atoms with E-state index >= 15 is 0 Å². The molecule has 2 aromatic rings. The van der Waals surface area contributed by atoms with Crippen LogP contribution < -0.4 is 14.4 Å². The Balaban J connectivity index is 1.74. The molecular weight excluding hydrogens is 634 g/mol. The molecule has 0 N–H and O–H groups in total. The molecule has 1 aromatic heterocycles. The van der Waals surface area contributed by atoms with Gasteiger partial charge in [-0.15, -0.1) is 0 Å². The van der Waals surface area contributed by atoms with Gasteiger partial charge in [0.2, 0.25) is 0 Å².